The highest BCUT2D eigenvalue weighted by molar-refractivity contribution is 6.58. The third-order valence-electron chi connectivity index (χ3n) is 8.70. The van der Waals surface area contributed by atoms with Crippen molar-refractivity contribution >= 4 is 41.0 Å². The second kappa shape index (κ2) is 12.7. The molecule has 0 fully saturated rings. The summed E-state index contributed by atoms with van der Waals surface area (Å²) in [6.45, 7) is 11.0. The summed E-state index contributed by atoms with van der Waals surface area (Å²) in [4.78, 5) is 15.9. The van der Waals surface area contributed by atoms with Gasteiger partial charge in [0.25, 0.3) is 0 Å². The van der Waals surface area contributed by atoms with E-state index < -0.39 is 12.5 Å². The number of hydrogen-bond donors (Lipinski definition) is 2. The number of hydrogen-bond acceptors (Lipinski definition) is 5. The van der Waals surface area contributed by atoms with Crippen LogP contribution in [0.15, 0.2) is 90.2 Å². The lowest BCUT2D eigenvalue weighted by atomic mass is 9.77. The predicted molar refractivity (Wildman–Crippen MR) is 173 cm³/mol. The molecule has 0 saturated heterocycles. The first-order valence-corrected chi connectivity index (χ1v) is 15.4. The van der Waals surface area contributed by atoms with E-state index in [4.69, 9.17) is 0 Å². The quantitative estimate of drug-likeness (QED) is 0.187. The highest BCUT2D eigenvalue weighted by Crippen LogP contribution is 2.42. The van der Waals surface area contributed by atoms with Crippen molar-refractivity contribution in [1.29, 1.82) is 0 Å². The van der Waals surface area contributed by atoms with Gasteiger partial charge in [0.1, 0.15) is 0 Å². The van der Waals surface area contributed by atoms with Gasteiger partial charge in [-0.25, -0.2) is 0 Å². The first-order chi connectivity index (χ1) is 20.7. The summed E-state index contributed by atoms with van der Waals surface area (Å²) in [5.41, 5.74) is 6.06. The van der Waals surface area contributed by atoms with Crippen LogP contribution in [0, 0.1) is 0 Å². The Bertz CT molecular complexity index is 1590. The van der Waals surface area contributed by atoms with Crippen molar-refractivity contribution in [3.8, 4) is 0 Å². The first-order valence-electron chi connectivity index (χ1n) is 15.4. The number of para-hydroxylation sites is 1. The molecule has 3 aromatic rings. The Morgan fingerprint density at radius 3 is 2.23 bits per heavy atom. The van der Waals surface area contributed by atoms with Crippen molar-refractivity contribution in [2.24, 2.45) is 0 Å². The van der Waals surface area contributed by atoms with Crippen LogP contribution >= 0.6 is 0 Å². The third-order valence-corrected chi connectivity index (χ3v) is 8.70. The zero-order chi connectivity index (χ0) is 30.7. The number of benzene rings is 3. The molecule has 0 bridgehead atoms. The lowest BCUT2D eigenvalue weighted by Crippen LogP contribution is -2.34. The maximum absolute atomic E-state index is 13.5. The van der Waals surface area contributed by atoms with Crippen LogP contribution in [-0.4, -0.2) is 46.3 Å². The molecule has 43 heavy (non-hydrogen) atoms. The second-order valence-electron chi connectivity index (χ2n) is 12.1. The summed E-state index contributed by atoms with van der Waals surface area (Å²) >= 11 is 0. The van der Waals surface area contributed by atoms with E-state index in [1.165, 1.54) is 0 Å². The van der Waals surface area contributed by atoms with E-state index in [1.54, 1.807) is 24.3 Å². The number of unbranched alkanes of at least 4 members (excludes halogenated alkanes) is 2. The minimum absolute atomic E-state index is 0.201. The van der Waals surface area contributed by atoms with Crippen LogP contribution in [0.1, 0.15) is 70.1 Å². The number of anilines is 1. The number of ketones is 1. The lowest BCUT2D eigenvalue weighted by molar-refractivity contribution is -0.455. The van der Waals surface area contributed by atoms with Gasteiger partial charge in [-0.2, -0.15) is 4.58 Å². The smallest absolute Gasteiger partial charge is 0.488 e. The van der Waals surface area contributed by atoms with E-state index in [0.29, 0.717) is 17.6 Å². The number of allylic oxidation sites excluding steroid dienone is 3. The summed E-state index contributed by atoms with van der Waals surface area (Å²) in [7, 11) is -1.56. The van der Waals surface area contributed by atoms with Gasteiger partial charge < -0.3 is 20.1 Å². The lowest BCUT2D eigenvalue weighted by Gasteiger charge is -2.31. The van der Waals surface area contributed by atoms with Gasteiger partial charge in [0, 0.05) is 53.2 Å². The maximum atomic E-state index is 13.5. The molecular weight excluding hydrogens is 535 g/mol. The molecule has 1 aliphatic heterocycles. The topological polar surface area (TPSA) is 86.8 Å². The van der Waals surface area contributed by atoms with Crippen LogP contribution in [0.4, 0.5) is 11.4 Å². The summed E-state index contributed by atoms with van der Waals surface area (Å²) in [6.07, 6.45) is 6.28. The number of Topliss-reactive ketones (excluding diaryl/α,β-unsaturated/α-hetero) is 1. The van der Waals surface area contributed by atoms with Crippen molar-refractivity contribution in [1.82, 2.24) is 0 Å². The number of carbonyl (C=O) groups excluding carboxylic acids is 1. The van der Waals surface area contributed by atoms with E-state index in [0.717, 1.165) is 67.0 Å². The molecule has 0 saturated carbocycles. The molecule has 0 unspecified atom stereocenters. The summed E-state index contributed by atoms with van der Waals surface area (Å²) in [5.74, 6) is -0.452. The van der Waals surface area contributed by atoms with Gasteiger partial charge in [0.2, 0.25) is 5.69 Å². The molecule has 5 rings (SSSR count). The van der Waals surface area contributed by atoms with Gasteiger partial charge in [0.15, 0.2) is 18.0 Å². The molecule has 3 aromatic carbocycles. The third kappa shape index (κ3) is 5.97. The van der Waals surface area contributed by atoms with Crippen molar-refractivity contribution in [3.63, 3.8) is 0 Å². The van der Waals surface area contributed by atoms with Gasteiger partial charge in [0.05, 0.1) is 5.41 Å². The molecule has 0 atom stereocenters. The summed E-state index contributed by atoms with van der Waals surface area (Å²) in [6, 6.07) is 23.1. The normalized spacial score (nSPS) is 16.5. The summed E-state index contributed by atoms with van der Waals surface area (Å²) in [5, 5.41) is 32.9. The summed E-state index contributed by atoms with van der Waals surface area (Å²) < 4.78 is 2.12. The van der Waals surface area contributed by atoms with Crippen molar-refractivity contribution in [2.45, 2.75) is 65.3 Å². The highest BCUT2D eigenvalue weighted by atomic mass is 16.4. The number of rotatable bonds is 12. The minimum atomic E-state index is -1.56. The van der Waals surface area contributed by atoms with Crippen LogP contribution in [0.2, 0.25) is 0 Å². The first kappa shape index (κ1) is 30.5. The Labute approximate surface area is 255 Å². The van der Waals surface area contributed by atoms with Gasteiger partial charge in [-0.3, -0.25) is 4.79 Å². The van der Waals surface area contributed by atoms with Gasteiger partial charge in [-0.05, 0) is 49.8 Å². The molecule has 0 radical (unpaired) electrons. The molecule has 1 heterocycles. The molecule has 2 aliphatic rings. The van der Waals surface area contributed by atoms with Gasteiger partial charge in [-0.15, -0.1) is 0 Å². The highest BCUT2D eigenvalue weighted by Gasteiger charge is 2.45. The molecule has 0 spiro atoms. The molecule has 7 heteroatoms. The van der Waals surface area contributed by atoms with Gasteiger partial charge in [-0.1, -0.05) is 87.0 Å². The van der Waals surface area contributed by atoms with E-state index in [1.807, 2.05) is 48.5 Å². The Morgan fingerprint density at radius 2 is 1.60 bits per heavy atom. The van der Waals surface area contributed by atoms with Gasteiger partial charge >= 0.3 is 7.12 Å². The largest absolute Gasteiger partial charge is 0.871 e. The average molecular weight is 577 g/mol. The zero-order valence-corrected chi connectivity index (χ0v) is 25.6. The maximum Gasteiger partial charge on any atom is 0.488 e. The molecule has 1 aliphatic carbocycles. The Hall–Kier alpha value is -3.94. The Balaban J connectivity index is 1.49. The van der Waals surface area contributed by atoms with Crippen LogP contribution < -0.4 is 15.5 Å². The molecule has 2 N–H and O–H groups in total. The molecule has 0 aromatic heterocycles. The van der Waals surface area contributed by atoms with Crippen LogP contribution in [0.5, 0.6) is 0 Å². The predicted octanol–water partition coefficient (Wildman–Crippen LogP) is 4.63. The van der Waals surface area contributed by atoms with E-state index >= 15 is 0 Å². The monoisotopic (exact) mass is 576 g/mol. The Kier molecular flexibility index (Phi) is 9.04. The molecular formula is C36H41BN2O4. The zero-order valence-electron chi connectivity index (χ0n) is 25.6. The number of carbonyl (C=O) groups is 1. The molecule has 6 nitrogen and oxygen atoms in total. The van der Waals surface area contributed by atoms with Crippen molar-refractivity contribution in [3.05, 3.63) is 107 Å². The fourth-order valence-corrected chi connectivity index (χ4v) is 6.16. The van der Waals surface area contributed by atoms with Crippen molar-refractivity contribution in [2.75, 3.05) is 18.0 Å². The second-order valence-corrected chi connectivity index (χ2v) is 12.1. The average Bonchev–Trinajstić information content (AvgIpc) is 3.22. The van der Waals surface area contributed by atoms with E-state index in [9.17, 15) is 19.9 Å². The van der Waals surface area contributed by atoms with Crippen LogP contribution in [0.3, 0.4) is 0 Å². The number of fused-ring (bicyclic) bond motifs is 1. The molecule has 0 amide bonds. The fraction of sp³-hybridized carbons (Fsp3) is 0.333. The minimum Gasteiger partial charge on any atom is -0.871 e. The van der Waals surface area contributed by atoms with Crippen LogP contribution in [-0.2, 0) is 16.8 Å². The van der Waals surface area contributed by atoms with Crippen molar-refractivity contribution < 1.29 is 24.5 Å². The van der Waals surface area contributed by atoms with E-state index in [-0.39, 0.29) is 22.7 Å². The van der Waals surface area contributed by atoms with E-state index in [2.05, 4.69) is 43.2 Å². The Morgan fingerprint density at radius 1 is 0.930 bits per heavy atom. The SMILES string of the molecule is CCCCN(CCCC)c1ccc(C2=C([O-])/C(=C\C3=[N+](Cc4cccc(B(O)O)c4)c4ccccc4C3(C)C)C2=O)cc1. The number of nitrogens with zero attached hydrogens (tertiary/aromatic N) is 2. The fourth-order valence-electron chi connectivity index (χ4n) is 6.16. The van der Waals surface area contributed by atoms with Crippen LogP contribution in [0.25, 0.3) is 5.57 Å². The standard InChI is InChI=1S/C36H41BN2O4/c1-5-7-20-38(21-8-6-2)28-18-16-26(17-19-28)33-34(40)29(35(33)41)23-32-36(3,4)30-14-9-10-15-31(30)39(32)24-25-12-11-13-27(22-25)37(42)43/h9-19,22-23,42-43H,5-8,20-21,24H2,1-4H3. The molecule has 222 valence electrons.